The molecule has 0 fully saturated rings. The van der Waals surface area contributed by atoms with Crippen LogP contribution < -0.4 is 5.32 Å². The number of nitriles is 1. The highest BCUT2D eigenvalue weighted by molar-refractivity contribution is 5.32. The van der Waals surface area contributed by atoms with Gasteiger partial charge < -0.3 is 14.8 Å². The molecule has 4 heteroatoms. The first kappa shape index (κ1) is 13.3. The summed E-state index contributed by atoms with van der Waals surface area (Å²) < 4.78 is 5.28. The second-order valence-electron chi connectivity index (χ2n) is 4.39. The van der Waals surface area contributed by atoms with Gasteiger partial charge in [0.05, 0.1) is 30.0 Å². The second kappa shape index (κ2) is 6.19. The van der Waals surface area contributed by atoms with E-state index in [1.54, 1.807) is 30.5 Å². The summed E-state index contributed by atoms with van der Waals surface area (Å²) in [7, 11) is 0. The van der Waals surface area contributed by atoms with Crippen molar-refractivity contribution in [3.05, 3.63) is 59.5 Å². The van der Waals surface area contributed by atoms with Crippen molar-refractivity contribution in [2.24, 2.45) is 0 Å². The number of aliphatic hydroxyl groups excluding tert-OH is 1. The summed E-state index contributed by atoms with van der Waals surface area (Å²) in [5.74, 6) is 0.840. The maximum atomic E-state index is 10.1. The van der Waals surface area contributed by atoms with Gasteiger partial charge in [-0.15, -0.1) is 0 Å². The van der Waals surface area contributed by atoms with Crippen molar-refractivity contribution in [3.8, 4) is 6.07 Å². The summed E-state index contributed by atoms with van der Waals surface area (Å²) in [6.07, 6.45) is 1.02. The van der Waals surface area contributed by atoms with E-state index >= 15 is 0 Å². The number of nitrogens with zero attached hydrogens (tertiary/aromatic N) is 1. The number of hydrogen-bond donors (Lipinski definition) is 2. The van der Waals surface area contributed by atoms with Crippen molar-refractivity contribution in [1.82, 2.24) is 5.32 Å². The minimum Gasteiger partial charge on any atom is -0.468 e. The Hall–Kier alpha value is -2.09. The molecule has 1 aromatic heterocycles. The Morgan fingerprint density at radius 2 is 2.05 bits per heavy atom. The van der Waals surface area contributed by atoms with Crippen LogP contribution in [0.15, 0.2) is 47.1 Å². The fourth-order valence-corrected chi connectivity index (χ4v) is 1.82. The lowest BCUT2D eigenvalue weighted by molar-refractivity contribution is 0.169. The molecule has 1 unspecified atom stereocenters. The van der Waals surface area contributed by atoms with Gasteiger partial charge in [-0.05, 0) is 36.8 Å². The third-order valence-electron chi connectivity index (χ3n) is 3.01. The predicted molar refractivity (Wildman–Crippen MR) is 71.2 cm³/mol. The molecule has 2 atom stereocenters. The molecule has 0 bridgehead atoms. The highest BCUT2D eigenvalue weighted by atomic mass is 16.3. The number of furan rings is 1. The fraction of sp³-hybridized carbons (Fsp3) is 0.267. The maximum Gasteiger partial charge on any atom is 0.120 e. The Labute approximate surface area is 112 Å². The molecule has 4 nitrogen and oxygen atoms in total. The Kier molecular flexibility index (Phi) is 4.35. The lowest BCUT2D eigenvalue weighted by Gasteiger charge is -2.16. The van der Waals surface area contributed by atoms with Crippen LogP contribution in [0.5, 0.6) is 0 Å². The van der Waals surface area contributed by atoms with Crippen LogP contribution in [0.3, 0.4) is 0 Å². The molecule has 0 radical (unpaired) electrons. The number of benzene rings is 1. The highest BCUT2D eigenvalue weighted by Gasteiger charge is 2.12. The van der Waals surface area contributed by atoms with Crippen LogP contribution in [-0.4, -0.2) is 11.7 Å². The summed E-state index contributed by atoms with van der Waals surface area (Å²) >= 11 is 0. The van der Waals surface area contributed by atoms with Crippen LogP contribution in [0.1, 0.15) is 36.0 Å². The SMILES string of the molecule is C[C@@H](NCC(O)c1ccc(C#N)cc1)c1ccco1. The summed E-state index contributed by atoms with van der Waals surface area (Å²) in [6.45, 7) is 2.40. The molecule has 0 spiro atoms. The van der Waals surface area contributed by atoms with Crippen molar-refractivity contribution in [2.45, 2.75) is 19.1 Å². The number of nitrogens with one attached hydrogen (secondary N) is 1. The summed E-state index contributed by atoms with van der Waals surface area (Å²) in [5, 5.41) is 22.0. The highest BCUT2D eigenvalue weighted by Crippen LogP contribution is 2.16. The quantitative estimate of drug-likeness (QED) is 0.862. The summed E-state index contributed by atoms with van der Waals surface area (Å²) in [6, 6.07) is 12.8. The predicted octanol–water partition coefficient (Wildman–Crippen LogP) is 2.54. The second-order valence-corrected chi connectivity index (χ2v) is 4.39. The van der Waals surface area contributed by atoms with E-state index < -0.39 is 6.10 Å². The largest absolute Gasteiger partial charge is 0.468 e. The van der Waals surface area contributed by atoms with Crippen LogP contribution in [0, 0.1) is 11.3 Å². The number of hydrogen-bond acceptors (Lipinski definition) is 4. The zero-order valence-corrected chi connectivity index (χ0v) is 10.7. The minimum absolute atomic E-state index is 0.0445. The first-order valence-electron chi connectivity index (χ1n) is 6.15. The molecule has 0 amide bonds. The van der Waals surface area contributed by atoms with E-state index in [9.17, 15) is 5.11 Å². The van der Waals surface area contributed by atoms with Crippen molar-refractivity contribution < 1.29 is 9.52 Å². The maximum absolute atomic E-state index is 10.1. The van der Waals surface area contributed by atoms with E-state index in [2.05, 4.69) is 11.4 Å². The van der Waals surface area contributed by atoms with Crippen LogP contribution in [0.25, 0.3) is 0 Å². The monoisotopic (exact) mass is 256 g/mol. The minimum atomic E-state index is -0.606. The molecular weight excluding hydrogens is 240 g/mol. The van der Waals surface area contributed by atoms with E-state index in [4.69, 9.17) is 9.68 Å². The number of rotatable bonds is 5. The van der Waals surface area contributed by atoms with Crippen molar-refractivity contribution in [3.63, 3.8) is 0 Å². The van der Waals surface area contributed by atoms with E-state index in [-0.39, 0.29) is 6.04 Å². The molecule has 0 aliphatic heterocycles. The molecule has 19 heavy (non-hydrogen) atoms. The van der Waals surface area contributed by atoms with E-state index in [1.807, 2.05) is 19.1 Å². The normalized spacial score (nSPS) is 13.7. The molecule has 98 valence electrons. The first-order valence-corrected chi connectivity index (χ1v) is 6.15. The summed E-state index contributed by atoms with van der Waals surface area (Å²) in [4.78, 5) is 0. The van der Waals surface area contributed by atoms with Gasteiger partial charge in [0.1, 0.15) is 5.76 Å². The molecule has 1 heterocycles. The number of aliphatic hydroxyl groups is 1. The Morgan fingerprint density at radius 1 is 1.32 bits per heavy atom. The smallest absolute Gasteiger partial charge is 0.120 e. The first-order chi connectivity index (χ1) is 9.20. The van der Waals surface area contributed by atoms with Crippen LogP contribution in [0.2, 0.25) is 0 Å². The van der Waals surface area contributed by atoms with Gasteiger partial charge in [0.15, 0.2) is 0 Å². The third-order valence-corrected chi connectivity index (χ3v) is 3.01. The van der Waals surface area contributed by atoms with E-state index in [1.165, 1.54) is 0 Å². The van der Waals surface area contributed by atoms with Gasteiger partial charge in [-0.3, -0.25) is 0 Å². The Morgan fingerprint density at radius 3 is 2.63 bits per heavy atom. The average molecular weight is 256 g/mol. The van der Waals surface area contributed by atoms with Gasteiger partial charge in [0, 0.05) is 6.54 Å². The van der Waals surface area contributed by atoms with Crippen LogP contribution in [0.4, 0.5) is 0 Å². The van der Waals surface area contributed by atoms with Crippen LogP contribution >= 0.6 is 0 Å². The van der Waals surface area contributed by atoms with Gasteiger partial charge >= 0.3 is 0 Å². The molecular formula is C15H16N2O2. The lowest BCUT2D eigenvalue weighted by Crippen LogP contribution is -2.24. The van der Waals surface area contributed by atoms with Gasteiger partial charge in [0.25, 0.3) is 0 Å². The molecule has 0 aliphatic rings. The lowest BCUT2D eigenvalue weighted by atomic mass is 10.1. The Balaban J connectivity index is 1.90. The molecule has 0 saturated carbocycles. The van der Waals surface area contributed by atoms with E-state index in [0.29, 0.717) is 12.1 Å². The Bertz CT molecular complexity index is 541. The van der Waals surface area contributed by atoms with Gasteiger partial charge in [0.2, 0.25) is 0 Å². The van der Waals surface area contributed by atoms with Crippen molar-refractivity contribution in [1.29, 1.82) is 5.26 Å². The topological polar surface area (TPSA) is 69.2 Å². The van der Waals surface area contributed by atoms with Gasteiger partial charge in [-0.2, -0.15) is 5.26 Å². The van der Waals surface area contributed by atoms with E-state index in [0.717, 1.165) is 11.3 Å². The molecule has 0 saturated heterocycles. The third kappa shape index (κ3) is 3.44. The molecule has 2 rings (SSSR count). The van der Waals surface area contributed by atoms with Crippen molar-refractivity contribution in [2.75, 3.05) is 6.54 Å². The standard InChI is InChI=1S/C15H16N2O2/c1-11(15-3-2-8-19-15)17-10-14(18)13-6-4-12(9-16)5-7-13/h2-8,11,14,17-18H,10H2,1H3/t11-,14?/m1/s1. The zero-order valence-electron chi connectivity index (χ0n) is 10.7. The molecule has 2 aromatic rings. The van der Waals surface area contributed by atoms with Crippen molar-refractivity contribution >= 4 is 0 Å². The fourth-order valence-electron chi connectivity index (χ4n) is 1.82. The average Bonchev–Trinajstić information content (AvgIpc) is 2.98. The molecule has 2 N–H and O–H groups in total. The van der Waals surface area contributed by atoms with Crippen LogP contribution in [-0.2, 0) is 0 Å². The summed E-state index contributed by atoms with van der Waals surface area (Å²) in [5.41, 5.74) is 1.38. The van der Waals surface area contributed by atoms with Gasteiger partial charge in [-0.25, -0.2) is 0 Å². The van der Waals surface area contributed by atoms with Gasteiger partial charge in [-0.1, -0.05) is 12.1 Å². The molecule has 0 aliphatic carbocycles. The zero-order chi connectivity index (χ0) is 13.7. The molecule has 1 aromatic carbocycles.